The molecule has 1 amide bonds. The van der Waals surface area contributed by atoms with Crippen molar-refractivity contribution in [2.45, 2.75) is 38.0 Å². The second-order valence-electron chi connectivity index (χ2n) is 9.50. The van der Waals surface area contributed by atoms with Gasteiger partial charge in [0.25, 0.3) is 0 Å². The minimum atomic E-state index is -0.719. The minimum absolute atomic E-state index is 0.118. The van der Waals surface area contributed by atoms with Crippen LogP contribution in [0.5, 0.6) is 0 Å². The molecule has 4 N–H and O–H groups in total. The van der Waals surface area contributed by atoms with Crippen molar-refractivity contribution < 1.29 is 19.1 Å². The molecule has 38 heavy (non-hydrogen) atoms. The van der Waals surface area contributed by atoms with E-state index in [9.17, 15) is 9.59 Å². The van der Waals surface area contributed by atoms with Crippen LogP contribution < -0.4 is 16.0 Å². The SMILES string of the molecule is O=C(O)C[C@H]1CC[C@H](c2ccc(NC(=O)c3nnc(Nc4ccc(Nc5ccccc5)cc4)o3)cc2)CC1. The molecule has 194 valence electrons. The molecule has 1 heterocycles. The van der Waals surface area contributed by atoms with Gasteiger partial charge in [0.15, 0.2) is 0 Å². The van der Waals surface area contributed by atoms with Crippen LogP contribution in [-0.2, 0) is 4.79 Å². The topological polar surface area (TPSA) is 129 Å². The summed E-state index contributed by atoms with van der Waals surface area (Å²) in [6.07, 6.45) is 4.07. The number of aromatic nitrogens is 2. The lowest BCUT2D eigenvalue weighted by Crippen LogP contribution is -2.16. The van der Waals surface area contributed by atoms with E-state index in [1.54, 1.807) is 0 Å². The number of carbonyl (C=O) groups is 2. The number of anilines is 5. The third kappa shape index (κ3) is 6.56. The number of amides is 1. The number of hydrogen-bond acceptors (Lipinski definition) is 7. The number of carbonyl (C=O) groups excluding carboxylic acids is 1. The second-order valence-corrected chi connectivity index (χ2v) is 9.50. The van der Waals surface area contributed by atoms with E-state index in [1.807, 2.05) is 78.9 Å². The Morgan fingerprint density at radius 3 is 2.03 bits per heavy atom. The first kappa shape index (κ1) is 25.0. The third-order valence-electron chi connectivity index (χ3n) is 6.77. The molecule has 9 heteroatoms. The summed E-state index contributed by atoms with van der Waals surface area (Å²) in [6, 6.07) is 25.3. The van der Waals surface area contributed by atoms with E-state index < -0.39 is 11.9 Å². The first-order chi connectivity index (χ1) is 18.5. The van der Waals surface area contributed by atoms with Crippen molar-refractivity contribution in [3.63, 3.8) is 0 Å². The number of aliphatic carboxylic acids is 1. The van der Waals surface area contributed by atoms with Crippen LogP contribution in [0.2, 0.25) is 0 Å². The molecule has 4 aromatic rings. The monoisotopic (exact) mass is 511 g/mol. The largest absolute Gasteiger partial charge is 0.481 e. The summed E-state index contributed by atoms with van der Waals surface area (Å²) in [5.74, 6) is -0.668. The quantitative estimate of drug-likeness (QED) is 0.199. The van der Waals surface area contributed by atoms with Crippen LogP contribution in [-0.4, -0.2) is 27.2 Å². The Kier molecular flexibility index (Phi) is 7.63. The smallest absolute Gasteiger partial charge is 0.320 e. The maximum absolute atomic E-state index is 12.6. The lowest BCUT2D eigenvalue weighted by molar-refractivity contribution is -0.138. The normalized spacial score (nSPS) is 16.9. The zero-order valence-corrected chi connectivity index (χ0v) is 20.8. The van der Waals surface area contributed by atoms with E-state index in [0.717, 1.165) is 42.7 Å². The molecule has 1 fully saturated rings. The number of carboxylic acid groups (broad SMARTS) is 1. The summed E-state index contributed by atoms with van der Waals surface area (Å²) in [7, 11) is 0. The fourth-order valence-electron chi connectivity index (χ4n) is 4.78. The first-order valence-corrected chi connectivity index (χ1v) is 12.7. The van der Waals surface area contributed by atoms with Gasteiger partial charge in [-0.1, -0.05) is 35.4 Å². The average molecular weight is 512 g/mol. The standard InChI is InChI=1S/C29H29N5O4/c35-26(36)18-19-6-8-20(9-7-19)21-10-12-24(13-11-21)31-27(37)28-33-34-29(38-28)32-25-16-14-23(15-17-25)30-22-4-2-1-3-5-22/h1-5,10-17,19-20,30H,6-9,18H2,(H,31,37)(H,32,34)(H,35,36)/t19-,20-. The Morgan fingerprint density at radius 1 is 0.763 bits per heavy atom. The van der Waals surface area contributed by atoms with Crippen LogP contribution in [0.1, 0.15) is 54.3 Å². The fraction of sp³-hybridized carbons (Fsp3) is 0.241. The van der Waals surface area contributed by atoms with Gasteiger partial charge in [0.1, 0.15) is 0 Å². The number of benzene rings is 3. The number of carboxylic acids is 1. The minimum Gasteiger partial charge on any atom is -0.481 e. The van der Waals surface area contributed by atoms with E-state index in [-0.39, 0.29) is 24.2 Å². The Hall–Kier alpha value is -4.66. The van der Waals surface area contributed by atoms with Crippen molar-refractivity contribution in [2.75, 3.05) is 16.0 Å². The lowest BCUT2D eigenvalue weighted by atomic mass is 9.77. The highest BCUT2D eigenvalue weighted by atomic mass is 16.4. The van der Waals surface area contributed by atoms with Crippen LogP contribution in [0.3, 0.4) is 0 Å². The van der Waals surface area contributed by atoms with Crippen LogP contribution in [0, 0.1) is 5.92 Å². The van der Waals surface area contributed by atoms with Crippen LogP contribution in [0.25, 0.3) is 0 Å². The maximum atomic E-state index is 12.6. The lowest BCUT2D eigenvalue weighted by Gasteiger charge is -2.28. The average Bonchev–Trinajstić information content (AvgIpc) is 3.40. The van der Waals surface area contributed by atoms with Gasteiger partial charge < -0.3 is 25.5 Å². The van der Waals surface area contributed by atoms with Gasteiger partial charge in [0.2, 0.25) is 0 Å². The molecule has 9 nitrogen and oxygen atoms in total. The van der Waals surface area contributed by atoms with E-state index in [0.29, 0.717) is 11.6 Å². The third-order valence-corrected chi connectivity index (χ3v) is 6.77. The van der Waals surface area contributed by atoms with Crippen LogP contribution in [0.15, 0.2) is 83.3 Å². The van der Waals surface area contributed by atoms with E-state index in [2.05, 4.69) is 26.1 Å². The Bertz CT molecular complexity index is 1360. The summed E-state index contributed by atoms with van der Waals surface area (Å²) in [5, 5.41) is 25.9. The number of nitrogens with zero attached hydrogens (tertiary/aromatic N) is 2. The van der Waals surface area contributed by atoms with E-state index >= 15 is 0 Å². The van der Waals surface area contributed by atoms with Gasteiger partial charge in [0.05, 0.1) is 0 Å². The molecule has 1 aliphatic rings. The summed E-state index contributed by atoms with van der Waals surface area (Å²) < 4.78 is 5.50. The molecule has 0 saturated heterocycles. The van der Waals surface area contributed by atoms with Crippen molar-refractivity contribution in [3.8, 4) is 0 Å². The van der Waals surface area contributed by atoms with Gasteiger partial charge in [-0.3, -0.25) is 9.59 Å². The maximum Gasteiger partial charge on any atom is 0.320 e. The molecule has 0 unspecified atom stereocenters. The molecule has 0 aliphatic heterocycles. The Morgan fingerprint density at radius 2 is 1.37 bits per heavy atom. The van der Waals surface area contributed by atoms with Crippen molar-refractivity contribution in [1.29, 1.82) is 0 Å². The van der Waals surface area contributed by atoms with Crippen molar-refractivity contribution in [3.05, 3.63) is 90.3 Å². The highest BCUT2D eigenvalue weighted by Gasteiger charge is 2.24. The van der Waals surface area contributed by atoms with E-state index in [1.165, 1.54) is 5.56 Å². The van der Waals surface area contributed by atoms with Crippen LogP contribution in [0.4, 0.5) is 28.8 Å². The Labute approximate surface area is 220 Å². The number of hydrogen-bond donors (Lipinski definition) is 4. The number of para-hydroxylation sites is 1. The van der Waals surface area contributed by atoms with Gasteiger partial charge in [-0.2, -0.15) is 0 Å². The van der Waals surface area contributed by atoms with Gasteiger partial charge >= 0.3 is 23.8 Å². The van der Waals surface area contributed by atoms with Gasteiger partial charge in [-0.15, -0.1) is 5.10 Å². The summed E-state index contributed by atoms with van der Waals surface area (Å²) in [6.45, 7) is 0. The number of nitrogens with one attached hydrogen (secondary N) is 3. The molecule has 0 bridgehead atoms. The Balaban J connectivity index is 1.12. The molecular weight excluding hydrogens is 482 g/mol. The summed E-state index contributed by atoms with van der Waals surface area (Å²) in [4.78, 5) is 23.6. The number of rotatable bonds is 9. The highest BCUT2D eigenvalue weighted by Crippen LogP contribution is 2.37. The first-order valence-electron chi connectivity index (χ1n) is 12.7. The molecule has 0 spiro atoms. The molecular formula is C29H29N5O4. The van der Waals surface area contributed by atoms with Crippen LogP contribution >= 0.6 is 0 Å². The molecule has 3 aromatic carbocycles. The predicted octanol–water partition coefficient (Wildman–Crippen LogP) is 6.56. The van der Waals surface area contributed by atoms with E-state index in [4.69, 9.17) is 9.52 Å². The molecule has 0 atom stereocenters. The zero-order chi connectivity index (χ0) is 26.3. The van der Waals surface area contributed by atoms with Gasteiger partial charge in [-0.25, -0.2) is 0 Å². The van der Waals surface area contributed by atoms with Crippen molar-refractivity contribution in [2.24, 2.45) is 5.92 Å². The van der Waals surface area contributed by atoms with Gasteiger partial charge in [-0.05, 0) is 91.6 Å². The molecule has 1 aliphatic carbocycles. The highest BCUT2D eigenvalue weighted by molar-refractivity contribution is 6.00. The molecule has 1 saturated carbocycles. The molecule has 5 rings (SSSR count). The van der Waals surface area contributed by atoms with Crippen molar-refractivity contribution >= 4 is 40.6 Å². The summed E-state index contributed by atoms with van der Waals surface area (Å²) in [5.41, 5.74) is 4.50. The predicted molar refractivity (Wildman–Crippen MR) is 145 cm³/mol. The molecule has 1 aromatic heterocycles. The second kappa shape index (κ2) is 11.6. The molecule has 0 radical (unpaired) electrons. The van der Waals surface area contributed by atoms with Crippen molar-refractivity contribution in [1.82, 2.24) is 10.2 Å². The fourth-order valence-corrected chi connectivity index (χ4v) is 4.78. The van der Waals surface area contributed by atoms with Gasteiger partial charge in [0, 0.05) is 29.2 Å². The zero-order valence-electron chi connectivity index (χ0n) is 20.8. The summed E-state index contributed by atoms with van der Waals surface area (Å²) >= 11 is 0.